The summed E-state index contributed by atoms with van der Waals surface area (Å²) in [6, 6.07) is 19.3. The van der Waals surface area contributed by atoms with Gasteiger partial charge in [-0.25, -0.2) is 9.59 Å². The summed E-state index contributed by atoms with van der Waals surface area (Å²) < 4.78 is 10.3. The summed E-state index contributed by atoms with van der Waals surface area (Å²) in [6.45, 7) is 0. The minimum atomic E-state index is -0.943. The number of para-hydroxylation sites is 2. The average Bonchev–Trinajstić information content (AvgIpc) is 2.87. The van der Waals surface area contributed by atoms with Crippen LogP contribution in [0, 0.1) is 10.1 Å². The van der Waals surface area contributed by atoms with E-state index in [1.54, 1.807) is 48.5 Å². The maximum atomic E-state index is 12.8. The second-order valence-corrected chi connectivity index (χ2v) is 7.87. The number of hydrogen-bond acceptors (Lipinski definition) is 8. The second-order valence-electron chi connectivity index (χ2n) is 7.87. The molecular weight excluding hydrogens is 482 g/mol. The van der Waals surface area contributed by atoms with Gasteiger partial charge in [-0.3, -0.25) is 19.7 Å². The summed E-state index contributed by atoms with van der Waals surface area (Å²) in [4.78, 5) is 61.0. The third-order valence-electron chi connectivity index (χ3n) is 5.47. The zero-order valence-electron chi connectivity index (χ0n) is 18.7. The monoisotopic (exact) mass is 497 g/mol. The van der Waals surface area contributed by atoms with Crippen LogP contribution in [0.1, 0.15) is 20.7 Å². The third kappa shape index (κ3) is 4.56. The third-order valence-corrected chi connectivity index (χ3v) is 5.47. The van der Waals surface area contributed by atoms with Crippen molar-refractivity contribution in [1.29, 1.82) is 0 Å². The first-order chi connectivity index (χ1) is 17.8. The molecule has 0 bridgehead atoms. The number of rotatable bonds is 5. The molecule has 3 aromatic carbocycles. The van der Waals surface area contributed by atoms with Gasteiger partial charge in [0.15, 0.2) is 0 Å². The van der Waals surface area contributed by atoms with Crippen molar-refractivity contribution in [3.05, 3.63) is 121 Å². The molecule has 37 heavy (non-hydrogen) atoms. The Kier molecular flexibility index (Phi) is 5.78. The van der Waals surface area contributed by atoms with Crippen molar-refractivity contribution in [2.75, 3.05) is 10.6 Å². The fourth-order valence-electron chi connectivity index (χ4n) is 3.70. The molecule has 0 saturated carbocycles. The van der Waals surface area contributed by atoms with Crippen molar-refractivity contribution in [3.8, 4) is 0 Å². The van der Waals surface area contributed by atoms with Crippen LogP contribution >= 0.6 is 0 Å². The molecule has 0 unspecified atom stereocenters. The number of nitro benzene ring substituents is 1. The van der Waals surface area contributed by atoms with Crippen LogP contribution in [0.2, 0.25) is 0 Å². The summed E-state index contributed by atoms with van der Waals surface area (Å²) in [5.41, 5.74) is -2.58. The molecule has 0 aliphatic rings. The molecule has 2 amide bonds. The van der Waals surface area contributed by atoms with Gasteiger partial charge in [0.2, 0.25) is 0 Å². The maximum absolute atomic E-state index is 12.8. The van der Waals surface area contributed by atoms with Gasteiger partial charge in [-0.2, -0.15) is 0 Å². The molecule has 182 valence electrons. The summed E-state index contributed by atoms with van der Waals surface area (Å²) in [5, 5.41) is 17.3. The molecule has 0 aliphatic heterocycles. The van der Waals surface area contributed by atoms with E-state index in [2.05, 4.69) is 10.6 Å². The molecule has 2 heterocycles. The van der Waals surface area contributed by atoms with Crippen LogP contribution in [0.3, 0.4) is 0 Å². The van der Waals surface area contributed by atoms with Crippen LogP contribution < -0.4 is 21.9 Å². The number of anilines is 2. The Morgan fingerprint density at radius 2 is 1.22 bits per heavy atom. The Balaban J connectivity index is 1.46. The van der Waals surface area contributed by atoms with Gasteiger partial charge in [-0.1, -0.05) is 36.4 Å². The Labute approximate surface area is 206 Å². The molecule has 0 spiro atoms. The first kappa shape index (κ1) is 23.2. The van der Waals surface area contributed by atoms with Gasteiger partial charge in [-0.15, -0.1) is 0 Å². The highest BCUT2D eigenvalue weighted by molar-refractivity contribution is 6.08. The normalized spacial score (nSPS) is 10.8. The van der Waals surface area contributed by atoms with Gasteiger partial charge in [0.1, 0.15) is 28.0 Å². The standard InChI is InChI=1S/C26H15N3O8/c30-23(17-11-14-5-1-3-7-21(14)36-25(17)32)27-16-9-10-20(29(34)35)19(13-16)28-24(31)18-12-15-6-2-4-8-22(15)37-26(18)33/h1-13H,(H,27,30)(H,28,31). The zero-order valence-corrected chi connectivity index (χ0v) is 18.7. The number of fused-ring (bicyclic) bond motifs is 2. The lowest BCUT2D eigenvalue weighted by Crippen LogP contribution is -2.22. The zero-order chi connectivity index (χ0) is 26.1. The minimum Gasteiger partial charge on any atom is -0.422 e. The molecule has 5 aromatic rings. The number of carbonyl (C=O) groups excluding carboxylic acids is 2. The highest BCUT2D eigenvalue weighted by Gasteiger charge is 2.21. The maximum Gasteiger partial charge on any atom is 0.349 e. The number of amides is 2. The SMILES string of the molecule is O=C(Nc1ccc([N+](=O)[O-])c(NC(=O)c2cc3ccccc3oc2=O)c1)c1cc2ccccc2oc1=O. The Morgan fingerprint density at radius 3 is 1.76 bits per heavy atom. The molecule has 0 radical (unpaired) electrons. The van der Waals surface area contributed by atoms with Crippen LogP contribution in [0.25, 0.3) is 21.9 Å². The van der Waals surface area contributed by atoms with Gasteiger partial charge in [0, 0.05) is 22.5 Å². The van der Waals surface area contributed by atoms with Crippen molar-refractivity contribution >= 4 is 50.8 Å². The molecule has 11 nitrogen and oxygen atoms in total. The fraction of sp³-hybridized carbons (Fsp3) is 0. The summed E-state index contributed by atoms with van der Waals surface area (Å²) in [5.74, 6) is -1.76. The number of hydrogen-bond donors (Lipinski definition) is 2. The lowest BCUT2D eigenvalue weighted by atomic mass is 10.1. The molecule has 0 fully saturated rings. The van der Waals surface area contributed by atoms with Crippen LogP contribution in [0.5, 0.6) is 0 Å². The number of nitrogens with zero attached hydrogens (tertiary/aromatic N) is 1. The van der Waals surface area contributed by atoms with Gasteiger partial charge >= 0.3 is 11.3 Å². The van der Waals surface area contributed by atoms with E-state index in [-0.39, 0.29) is 28.1 Å². The van der Waals surface area contributed by atoms with Gasteiger partial charge < -0.3 is 19.5 Å². The van der Waals surface area contributed by atoms with Crippen molar-refractivity contribution in [3.63, 3.8) is 0 Å². The number of nitro groups is 1. The molecule has 2 aromatic heterocycles. The van der Waals surface area contributed by atoms with E-state index < -0.39 is 33.7 Å². The molecule has 0 saturated heterocycles. The fourth-order valence-corrected chi connectivity index (χ4v) is 3.70. The topological polar surface area (TPSA) is 162 Å². The number of carbonyl (C=O) groups is 2. The first-order valence-corrected chi connectivity index (χ1v) is 10.8. The number of nitrogens with one attached hydrogen (secondary N) is 2. The van der Waals surface area contributed by atoms with Crippen LogP contribution in [0.15, 0.2) is 97.3 Å². The lowest BCUT2D eigenvalue weighted by molar-refractivity contribution is -0.383. The van der Waals surface area contributed by atoms with Gasteiger partial charge in [0.05, 0.1) is 4.92 Å². The van der Waals surface area contributed by atoms with Crippen molar-refractivity contribution in [2.24, 2.45) is 0 Å². The van der Waals surface area contributed by atoms with E-state index in [0.717, 1.165) is 12.1 Å². The summed E-state index contributed by atoms with van der Waals surface area (Å²) in [6.07, 6.45) is 0. The largest absolute Gasteiger partial charge is 0.422 e. The first-order valence-electron chi connectivity index (χ1n) is 10.8. The highest BCUT2D eigenvalue weighted by Crippen LogP contribution is 2.29. The predicted molar refractivity (Wildman–Crippen MR) is 134 cm³/mol. The van der Waals surface area contributed by atoms with E-state index in [9.17, 15) is 29.3 Å². The van der Waals surface area contributed by atoms with Crippen LogP contribution in [-0.2, 0) is 0 Å². The van der Waals surface area contributed by atoms with Crippen molar-refractivity contribution in [1.82, 2.24) is 0 Å². The molecule has 0 atom stereocenters. The minimum absolute atomic E-state index is 0.0454. The Morgan fingerprint density at radius 1 is 0.703 bits per heavy atom. The second kappa shape index (κ2) is 9.23. The molecule has 5 rings (SSSR count). The van der Waals surface area contributed by atoms with Gasteiger partial charge in [0.25, 0.3) is 17.5 Å². The van der Waals surface area contributed by atoms with E-state index in [1.807, 2.05) is 0 Å². The molecule has 0 aliphatic carbocycles. The molecule has 11 heteroatoms. The Hall–Kier alpha value is -5.58. The van der Waals surface area contributed by atoms with Crippen LogP contribution in [-0.4, -0.2) is 16.7 Å². The molecule has 2 N–H and O–H groups in total. The smallest absolute Gasteiger partial charge is 0.349 e. The highest BCUT2D eigenvalue weighted by atomic mass is 16.6. The van der Waals surface area contributed by atoms with E-state index >= 15 is 0 Å². The van der Waals surface area contributed by atoms with Gasteiger partial charge in [-0.05, 0) is 36.4 Å². The van der Waals surface area contributed by atoms with Crippen LogP contribution in [0.4, 0.5) is 17.1 Å². The van der Waals surface area contributed by atoms with E-state index in [0.29, 0.717) is 16.4 Å². The molecular formula is C26H15N3O8. The number of benzene rings is 3. The summed E-state index contributed by atoms with van der Waals surface area (Å²) >= 11 is 0. The lowest BCUT2D eigenvalue weighted by Gasteiger charge is -2.10. The quantitative estimate of drug-likeness (QED) is 0.206. The predicted octanol–water partition coefficient (Wildman–Crippen LogP) is 4.31. The summed E-state index contributed by atoms with van der Waals surface area (Å²) in [7, 11) is 0. The van der Waals surface area contributed by atoms with Crippen molar-refractivity contribution < 1.29 is 23.3 Å². The Bertz CT molecular complexity index is 1860. The average molecular weight is 497 g/mol. The van der Waals surface area contributed by atoms with E-state index in [4.69, 9.17) is 8.83 Å². The van der Waals surface area contributed by atoms with E-state index in [1.165, 1.54) is 18.2 Å². The van der Waals surface area contributed by atoms with Crippen molar-refractivity contribution in [2.45, 2.75) is 0 Å².